The van der Waals surface area contributed by atoms with Crippen LogP contribution in [0.4, 0.5) is 4.79 Å². The van der Waals surface area contributed by atoms with Gasteiger partial charge in [-0.1, -0.05) is 35.9 Å². The summed E-state index contributed by atoms with van der Waals surface area (Å²) in [5.41, 5.74) is 1.51. The molecule has 0 spiro atoms. The molecule has 0 unspecified atom stereocenters. The third kappa shape index (κ3) is 3.83. The Kier molecular flexibility index (Phi) is 4.86. The molecule has 1 amide bonds. The highest BCUT2D eigenvalue weighted by Crippen LogP contribution is 2.40. The van der Waals surface area contributed by atoms with Gasteiger partial charge < -0.3 is 4.74 Å². The van der Waals surface area contributed by atoms with Gasteiger partial charge in [0.15, 0.2) is 0 Å². The van der Waals surface area contributed by atoms with Crippen LogP contribution in [0, 0.1) is 0 Å². The Hall–Kier alpha value is -1.48. The van der Waals surface area contributed by atoms with Crippen LogP contribution in [-0.2, 0) is 4.74 Å². The molecule has 1 aliphatic heterocycles. The van der Waals surface area contributed by atoms with Gasteiger partial charge in [-0.3, -0.25) is 4.90 Å². The molecule has 1 aliphatic rings. The summed E-state index contributed by atoms with van der Waals surface area (Å²) in [6.45, 7) is 11.6. The van der Waals surface area contributed by atoms with E-state index in [-0.39, 0.29) is 18.2 Å². The quantitative estimate of drug-likeness (QED) is 0.686. The van der Waals surface area contributed by atoms with Crippen molar-refractivity contribution >= 4 is 17.7 Å². The topological polar surface area (TPSA) is 29.5 Å². The first-order chi connectivity index (χ1) is 10.2. The zero-order valence-electron chi connectivity index (χ0n) is 13.7. The van der Waals surface area contributed by atoms with Crippen LogP contribution < -0.4 is 0 Å². The van der Waals surface area contributed by atoms with Gasteiger partial charge in [-0.15, -0.1) is 0 Å². The van der Waals surface area contributed by atoms with Gasteiger partial charge in [0.1, 0.15) is 5.60 Å². The molecular formula is C18H24ClNO2. The SMILES string of the molecule is C=C(C)[C@H]1CC[C@@H](c2cccc(Cl)c2)N1C(=O)OC(C)(C)C. The van der Waals surface area contributed by atoms with Crippen molar-refractivity contribution in [1.29, 1.82) is 0 Å². The number of halogens is 1. The molecule has 2 atom stereocenters. The molecule has 120 valence electrons. The van der Waals surface area contributed by atoms with Crippen molar-refractivity contribution < 1.29 is 9.53 Å². The third-order valence-corrected chi connectivity index (χ3v) is 4.03. The predicted molar refractivity (Wildman–Crippen MR) is 90.1 cm³/mol. The largest absolute Gasteiger partial charge is 0.444 e. The zero-order valence-corrected chi connectivity index (χ0v) is 14.5. The van der Waals surface area contributed by atoms with E-state index in [1.54, 1.807) is 0 Å². The minimum atomic E-state index is -0.516. The van der Waals surface area contributed by atoms with E-state index in [0.29, 0.717) is 5.02 Å². The van der Waals surface area contributed by atoms with Gasteiger partial charge in [0.05, 0.1) is 12.1 Å². The molecule has 1 fully saturated rings. The normalized spacial score (nSPS) is 21.8. The van der Waals surface area contributed by atoms with E-state index in [1.165, 1.54) is 0 Å². The van der Waals surface area contributed by atoms with Gasteiger partial charge in [0.2, 0.25) is 0 Å². The van der Waals surface area contributed by atoms with Crippen molar-refractivity contribution in [2.24, 2.45) is 0 Å². The Balaban J connectivity index is 2.32. The monoisotopic (exact) mass is 321 g/mol. The lowest BCUT2D eigenvalue weighted by molar-refractivity contribution is 0.0170. The first kappa shape index (κ1) is 16.9. The van der Waals surface area contributed by atoms with Crippen LogP contribution in [0.25, 0.3) is 0 Å². The smallest absolute Gasteiger partial charge is 0.411 e. The highest BCUT2D eigenvalue weighted by Gasteiger charge is 2.40. The van der Waals surface area contributed by atoms with Crippen molar-refractivity contribution in [3.8, 4) is 0 Å². The number of amides is 1. The molecule has 0 N–H and O–H groups in total. The van der Waals surface area contributed by atoms with E-state index in [2.05, 4.69) is 6.58 Å². The Morgan fingerprint density at radius 3 is 2.59 bits per heavy atom. The second-order valence-corrected chi connectivity index (χ2v) is 7.33. The fourth-order valence-corrected chi connectivity index (χ4v) is 3.10. The summed E-state index contributed by atoms with van der Waals surface area (Å²) in [4.78, 5) is 14.5. The second-order valence-electron chi connectivity index (χ2n) is 6.90. The minimum Gasteiger partial charge on any atom is -0.444 e. The molecule has 0 radical (unpaired) electrons. The molecule has 2 rings (SSSR count). The van der Waals surface area contributed by atoms with E-state index >= 15 is 0 Å². The average Bonchev–Trinajstić information content (AvgIpc) is 2.81. The summed E-state index contributed by atoms with van der Waals surface area (Å²) in [5.74, 6) is 0. The number of likely N-dealkylation sites (tertiary alicyclic amines) is 1. The summed E-state index contributed by atoms with van der Waals surface area (Å²) in [5, 5.41) is 0.681. The number of rotatable bonds is 2. The number of benzene rings is 1. The van der Waals surface area contributed by atoms with E-state index in [0.717, 1.165) is 24.0 Å². The molecule has 1 aromatic carbocycles. The third-order valence-electron chi connectivity index (χ3n) is 3.79. The van der Waals surface area contributed by atoms with Crippen LogP contribution in [-0.4, -0.2) is 22.6 Å². The molecule has 4 heteroatoms. The van der Waals surface area contributed by atoms with Crippen molar-refractivity contribution in [3.63, 3.8) is 0 Å². The summed E-state index contributed by atoms with van der Waals surface area (Å²) in [6, 6.07) is 7.68. The number of hydrogen-bond donors (Lipinski definition) is 0. The highest BCUT2D eigenvalue weighted by molar-refractivity contribution is 6.30. The number of hydrogen-bond acceptors (Lipinski definition) is 2. The molecular weight excluding hydrogens is 298 g/mol. The predicted octanol–water partition coefficient (Wildman–Crippen LogP) is 5.36. The van der Waals surface area contributed by atoms with Gasteiger partial charge >= 0.3 is 6.09 Å². The average molecular weight is 322 g/mol. The number of nitrogens with zero attached hydrogens (tertiary/aromatic N) is 1. The van der Waals surface area contributed by atoms with Crippen LogP contribution >= 0.6 is 11.6 Å². The molecule has 1 heterocycles. The minimum absolute atomic E-state index is 0.0128. The van der Waals surface area contributed by atoms with Crippen molar-refractivity contribution in [1.82, 2.24) is 4.90 Å². The van der Waals surface area contributed by atoms with Crippen LogP contribution in [0.1, 0.15) is 52.1 Å². The van der Waals surface area contributed by atoms with E-state index in [1.807, 2.05) is 56.9 Å². The van der Waals surface area contributed by atoms with E-state index < -0.39 is 5.60 Å². The first-order valence-electron chi connectivity index (χ1n) is 7.61. The summed E-state index contributed by atoms with van der Waals surface area (Å²) in [6.07, 6.45) is 1.49. The lowest BCUT2D eigenvalue weighted by Gasteiger charge is -2.33. The molecule has 0 aromatic heterocycles. The molecule has 0 aliphatic carbocycles. The van der Waals surface area contributed by atoms with Gasteiger partial charge in [-0.05, 0) is 58.2 Å². The van der Waals surface area contributed by atoms with E-state index in [4.69, 9.17) is 16.3 Å². The summed E-state index contributed by atoms with van der Waals surface area (Å²) < 4.78 is 5.60. The van der Waals surface area contributed by atoms with E-state index in [9.17, 15) is 4.79 Å². The fourth-order valence-electron chi connectivity index (χ4n) is 2.91. The van der Waals surface area contributed by atoms with Crippen molar-refractivity contribution in [3.05, 3.63) is 47.0 Å². The van der Waals surface area contributed by atoms with Crippen molar-refractivity contribution in [2.45, 2.75) is 58.2 Å². The number of carbonyl (C=O) groups is 1. The molecule has 1 saturated heterocycles. The fraction of sp³-hybridized carbons (Fsp3) is 0.500. The Bertz CT molecular complexity index is 577. The second kappa shape index (κ2) is 6.33. The molecule has 3 nitrogen and oxygen atoms in total. The van der Waals surface area contributed by atoms with Gasteiger partial charge in [-0.25, -0.2) is 4.79 Å². The Morgan fingerprint density at radius 1 is 1.36 bits per heavy atom. The van der Waals surface area contributed by atoms with Crippen LogP contribution in [0.2, 0.25) is 5.02 Å². The van der Waals surface area contributed by atoms with Crippen LogP contribution in [0.15, 0.2) is 36.4 Å². The highest BCUT2D eigenvalue weighted by atomic mass is 35.5. The summed E-state index contributed by atoms with van der Waals surface area (Å²) >= 11 is 6.10. The maximum atomic E-state index is 12.7. The summed E-state index contributed by atoms with van der Waals surface area (Å²) in [7, 11) is 0. The molecule has 22 heavy (non-hydrogen) atoms. The Morgan fingerprint density at radius 2 is 2.05 bits per heavy atom. The van der Waals surface area contributed by atoms with Gasteiger partial charge in [0.25, 0.3) is 0 Å². The van der Waals surface area contributed by atoms with Crippen molar-refractivity contribution in [2.75, 3.05) is 0 Å². The zero-order chi connectivity index (χ0) is 16.5. The first-order valence-corrected chi connectivity index (χ1v) is 7.99. The number of carbonyl (C=O) groups excluding carboxylic acids is 1. The molecule has 0 bridgehead atoms. The molecule has 1 aromatic rings. The lowest BCUT2D eigenvalue weighted by Crippen LogP contribution is -2.41. The Labute approximate surface area is 137 Å². The van der Waals surface area contributed by atoms with Crippen LogP contribution in [0.5, 0.6) is 0 Å². The van der Waals surface area contributed by atoms with Crippen LogP contribution in [0.3, 0.4) is 0 Å². The van der Waals surface area contributed by atoms with Gasteiger partial charge in [0, 0.05) is 5.02 Å². The standard InChI is InChI=1S/C18H24ClNO2/c1-12(2)15-9-10-16(13-7-6-8-14(19)11-13)20(15)17(21)22-18(3,4)5/h6-8,11,15-16H,1,9-10H2,2-5H3/t15-,16+/m1/s1. The molecule has 0 saturated carbocycles. The number of ether oxygens (including phenoxy) is 1. The van der Waals surface area contributed by atoms with Gasteiger partial charge in [-0.2, -0.15) is 0 Å². The maximum absolute atomic E-state index is 12.7. The maximum Gasteiger partial charge on any atom is 0.411 e. The lowest BCUT2D eigenvalue weighted by atomic mass is 10.0.